The van der Waals surface area contributed by atoms with Gasteiger partial charge in [-0.2, -0.15) is 0 Å². The average Bonchev–Trinajstić information content (AvgIpc) is 3.16. The maximum absolute atomic E-state index is 12.1. The van der Waals surface area contributed by atoms with Gasteiger partial charge < -0.3 is 15.4 Å². The number of carbonyl (C=O) groups excluding carboxylic acids is 2. The van der Waals surface area contributed by atoms with E-state index in [1.807, 2.05) is 29.8 Å². The zero-order valence-corrected chi connectivity index (χ0v) is 15.7. The Kier molecular flexibility index (Phi) is 6.01. The van der Waals surface area contributed by atoms with Crippen LogP contribution in [0.1, 0.15) is 21.7 Å². The summed E-state index contributed by atoms with van der Waals surface area (Å²) >= 11 is 0. The second kappa shape index (κ2) is 8.81. The molecule has 1 aromatic carbocycles. The fourth-order valence-electron chi connectivity index (χ4n) is 2.59. The van der Waals surface area contributed by atoms with Gasteiger partial charge in [0.15, 0.2) is 0 Å². The van der Waals surface area contributed by atoms with Crippen molar-refractivity contribution in [3.63, 3.8) is 0 Å². The zero-order chi connectivity index (χ0) is 19.9. The molecule has 2 N–H and O–H groups in total. The average molecular weight is 379 g/mol. The summed E-state index contributed by atoms with van der Waals surface area (Å²) in [5.74, 6) is 1.63. The summed E-state index contributed by atoms with van der Waals surface area (Å²) in [5, 5.41) is 5.38. The lowest BCUT2D eigenvalue weighted by Crippen LogP contribution is -2.36. The first kappa shape index (κ1) is 19.1. The molecule has 2 heterocycles. The Hall–Kier alpha value is -3.68. The molecule has 0 fully saturated rings. The van der Waals surface area contributed by atoms with Gasteiger partial charge in [0.1, 0.15) is 17.4 Å². The molecule has 0 unspecified atom stereocenters. The summed E-state index contributed by atoms with van der Waals surface area (Å²) < 4.78 is 6.92. The van der Waals surface area contributed by atoms with Gasteiger partial charge in [-0.05, 0) is 48.9 Å². The molecule has 0 saturated heterocycles. The van der Waals surface area contributed by atoms with Gasteiger partial charge in [0, 0.05) is 30.7 Å². The number of hydrogen-bond acceptors (Lipinski definition) is 5. The van der Waals surface area contributed by atoms with Crippen LogP contribution in [0, 0.1) is 6.92 Å². The SMILES string of the molecule is COc1ccc(C(=O)NCC(=O)NCc2ccnc(-n3ccnc3C)c2)cc1. The predicted molar refractivity (Wildman–Crippen MR) is 103 cm³/mol. The topological polar surface area (TPSA) is 98.1 Å². The van der Waals surface area contributed by atoms with E-state index in [0.717, 1.165) is 17.2 Å². The fraction of sp³-hybridized carbons (Fsp3) is 0.200. The number of nitrogens with one attached hydrogen (secondary N) is 2. The van der Waals surface area contributed by atoms with Gasteiger partial charge in [-0.3, -0.25) is 14.2 Å². The van der Waals surface area contributed by atoms with Crippen LogP contribution in [0.2, 0.25) is 0 Å². The zero-order valence-electron chi connectivity index (χ0n) is 15.7. The van der Waals surface area contributed by atoms with Crippen LogP contribution < -0.4 is 15.4 Å². The van der Waals surface area contributed by atoms with Gasteiger partial charge in [-0.1, -0.05) is 0 Å². The van der Waals surface area contributed by atoms with Crippen LogP contribution in [0.25, 0.3) is 5.82 Å². The number of hydrogen-bond donors (Lipinski definition) is 2. The molecule has 8 heteroatoms. The van der Waals surface area contributed by atoms with E-state index in [4.69, 9.17) is 4.74 Å². The maximum Gasteiger partial charge on any atom is 0.251 e. The highest BCUT2D eigenvalue weighted by molar-refractivity contribution is 5.96. The summed E-state index contributed by atoms with van der Waals surface area (Å²) in [6, 6.07) is 10.4. The van der Waals surface area contributed by atoms with Gasteiger partial charge in [-0.25, -0.2) is 9.97 Å². The smallest absolute Gasteiger partial charge is 0.251 e. The third-order valence-electron chi connectivity index (χ3n) is 4.13. The van der Waals surface area contributed by atoms with E-state index >= 15 is 0 Å². The van der Waals surface area contributed by atoms with Gasteiger partial charge in [0.2, 0.25) is 5.91 Å². The van der Waals surface area contributed by atoms with Crippen molar-refractivity contribution in [3.05, 3.63) is 71.9 Å². The second-order valence-corrected chi connectivity index (χ2v) is 6.05. The largest absolute Gasteiger partial charge is 0.497 e. The van der Waals surface area contributed by atoms with Crippen LogP contribution >= 0.6 is 0 Å². The number of amides is 2. The lowest BCUT2D eigenvalue weighted by Gasteiger charge is -2.09. The summed E-state index contributed by atoms with van der Waals surface area (Å²) in [6.45, 7) is 2.12. The number of aromatic nitrogens is 3. The van der Waals surface area contributed by atoms with Crippen molar-refractivity contribution in [2.45, 2.75) is 13.5 Å². The van der Waals surface area contributed by atoms with Gasteiger partial charge in [0.25, 0.3) is 5.91 Å². The molecule has 3 aromatic rings. The molecule has 0 aliphatic carbocycles. The highest BCUT2D eigenvalue weighted by atomic mass is 16.5. The van der Waals surface area contributed by atoms with Crippen molar-refractivity contribution in [2.75, 3.05) is 13.7 Å². The number of nitrogens with zero attached hydrogens (tertiary/aromatic N) is 3. The summed E-state index contributed by atoms with van der Waals surface area (Å²) in [6.07, 6.45) is 5.22. The molecule has 3 rings (SSSR count). The highest BCUT2D eigenvalue weighted by Crippen LogP contribution is 2.11. The van der Waals surface area contributed by atoms with Crippen molar-refractivity contribution >= 4 is 11.8 Å². The maximum atomic E-state index is 12.1. The van der Waals surface area contributed by atoms with Crippen LogP contribution in [0.3, 0.4) is 0 Å². The van der Waals surface area contributed by atoms with Crippen molar-refractivity contribution in [3.8, 4) is 11.6 Å². The van der Waals surface area contributed by atoms with E-state index in [1.165, 1.54) is 0 Å². The Labute approximate surface area is 162 Å². The van der Waals surface area contributed by atoms with Crippen LogP contribution in [0.5, 0.6) is 5.75 Å². The molecule has 0 spiro atoms. The quantitative estimate of drug-likeness (QED) is 0.650. The van der Waals surface area contributed by atoms with E-state index < -0.39 is 0 Å². The molecular formula is C20H21N5O3. The van der Waals surface area contributed by atoms with Crippen molar-refractivity contribution in [1.29, 1.82) is 0 Å². The normalized spacial score (nSPS) is 10.4. The van der Waals surface area contributed by atoms with E-state index in [9.17, 15) is 9.59 Å². The van der Waals surface area contributed by atoms with Crippen molar-refractivity contribution in [2.24, 2.45) is 0 Å². The summed E-state index contributed by atoms with van der Waals surface area (Å²) in [7, 11) is 1.56. The van der Waals surface area contributed by atoms with Crippen LogP contribution in [-0.4, -0.2) is 40.0 Å². The number of imidazole rings is 1. The third-order valence-corrected chi connectivity index (χ3v) is 4.13. The predicted octanol–water partition coefficient (Wildman–Crippen LogP) is 1.63. The molecule has 2 amide bonds. The Balaban J connectivity index is 1.50. The minimum atomic E-state index is -0.320. The summed E-state index contributed by atoms with van der Waals surface area (Å²) in [5.41, 5.74) is 1.36. The lowest BCUT2D eigenvalue weighted by atomic mass is 10.2. The Morgan fingerprint density at radius 3 is 2.54 bits per heavy atom. The third kappa shape index (κ3) is 4.73. The molecule has 2 aromatic heterocycles. The molecule has 0 aliphatic rings. The number of methoxy groups -OCH3 is 1. The molecule has 0 aliphatic heterocycles. The van der Waals surface area contributed by atoms with Gasteiger partial charge >= 0.3 is 0 Å². The number of carbonyl (C=O) groups is 2. The summed E-state index contributed by atoms with van der Waals surface area (Å²) in [4.78, 5) is 32.6. The minimum Gasteiger partial charge on any atom is -0.497 e. The number of pyridine rings is 1. The first-order chi connectivity index (χ1) is 13.6. The first-order valence-electron chi connectivity index (χ1n) is 8.71. The number of ether oxygens (including phenoxy) is 1. The molecular weight excluding hydrogens is 358 g/mol. The number of benzene rings is 1. The molecule has 0 saturated carbocycles. The minimum absolute atomic E-state index is 0.108. The van der Waals surface area contributed by atoms with Crippen LogP contribution in [-0.2, 0) is 11.3 Å². The standard InChI is InChI=1S/C20H21N5O3/c1-14-21-9-10-25(14)18-11-15(7-8-22-18)12-23-19(26)13-24-20(27)16-3-5-17(28-2)6-4-16/h3-11H,12-13H2,1-2H3,(H,23,26)(H,24,27). The number of rotatable bonds is 7. The Morgan fingerprint density at radius 1 is 1.07 bits per heavy atom. The molecule has 8 nitrogen and oxygen atoms in total. The van der Waals surface area contributed by atoms with E-state index in [1.54, 1.807) is 43.8 Å². The molecule has 0 bridgehead atoms. The van der Waals surface area contributed by atoms with E-state index in [2.05, 4.69) is 20.6 Å². The van der Waals surface area contributed by atoms with Gasteiger partial charge in [0.05, 0.1) is 13.7 Å². The van der Waals surface area contributed by atoms with Crippen molar-refractivity contribution < 1.29 is 14.3 Å². The second-order valence-electron chi connectivity index (χ2n) is 6.05. The van der Waals surface area contributed by atoms with E-state index in [-0.39, 0.29) is 18.4 Å². The highest BCUT2D eigenvalue weighted by Gasteiger charge is 2.09. The molecule has 0 atom stereocenters. The van der Waals surface area contributed by atoms with Crippen LogP contribution in [0.15, 0.2) is 55.0 Å². The molecule has 0 radical (unpaired) electrons. The monoisotopic (exact) mass is 379 g/mol. The lowest BCUT2D eigenvalue weighted by molar-refractivity contribution is -0.120. The number of aryl methyl sites for hydroxylation is 1. The first-order valence-corrected chi connectivity index (χ1v) is 8.71. The fourth-order valence-corrected chi connectivity index (χ4v) is 2.59. The molecule has 28 heavy (non-hydrogen) atoms. The van der Waals surface area contributed by atoms with E-state index in [0.29, 0.717) is 17.9 Å². The Bertz CT molecular complexity index is 966. The van der Waals surface area contributed by atoms with Crippen LogP contribution in [0.4, 0.5) is 0 Å². The Morgan fingerprint density at radius 2 is 1.86 bits per heavy atom. The van der Waals surface area contributed by atoms with Gasteiger partial charge in [-0.15, -0.1) is 0 Å². The van der Waals surface area contributed by atoms with Crippen molar-refractivity contribution in [1.82, 2.24) is 25.2 Å². The molecule has 144 valence electrons.